The van der Waals surface area contributed by atoms with E-state index in [4.69, 9.17) is 11.6 Å². The van der Waals surface area contributed by atoms with E-state index in [-0.39, 0.29) is 23.8 Å². The minimum Gasteiger partial charge on any atom is -0.385 e. The zero-order valence-electron chi connectivity index (χ0n) is 11.6. The summed E-state index contributed by atoms with van der Waals surface area (Å²) in [4.78, 5) is 11.1. The maximum atomic E-state index is 11.1. The summed E-state index contributed by atoms with van der Waals surface area (Å²) >= 11 is 6.15. The summed E-state index contributed by atoms with van der Waals surface area (Å²) in [6, 6.07) is 3.83. The van der Waals surface area contributed by atoms with Crippen LogP contribution >= 0.6 is 11.6 Å². The van der Waals surface area contributed by atoms with Gasteiger partial charge in [0.05, 0.1) is 17.3 Å². The van der Waals surface area contributed by atoms with Crippen LogP contribution in [0.1, 0.15) is 25.3 Å². The first-order chi connectivity index (χ1) is 10.00. The molecular weight excluding hydrogens is 290 g/mol. The van der Waals surface area contributed by atoms with Crippen LogP contribution in [0.5, 0.6) is 0 Å². The van der Waals surface area contributed by atoms with Gasteiger partial charge >= 0.3 is 0 Å². The van der Waals surface area contributed by atoms with Gasteiger partial charge in [0, 0.05) is 35.2 Å². The Labute approximate surface area is 126 Å². The first kappa shape index (κ1) is 13.1. The number of halogens is 1. The highest BCUT2D eigenvalue weighted by Crippen LogP contribution is 2.67. The van der Waals surface area contributed by atoms with E-state index in [1.165, 1.54) is 6.92 Å². The molecule has 0 spiro atoms. The van der Waals surface area contributed by atoms with Crippen molar-refractivity contribution >= 4 is 28.4 Å². The fourth-order valence-electron chi connectivity index (χ4n) is 4.07. The summed E-state index contributed by atoms with van der Waals surface area (Å²) in [6.07, 6.45) is 3.36. The van der Waals surface area contributed by atoms with E-state index >= 15 is 0 Å². The Morgan fingerprint density at radius 1 is 1.48 bits per heavy atom. The summed E-state index contributed by atoms with van der Waals surface area (Å²) in [6.45, 7) is 1.53. The van der Waals surface area contributed by atoms with Gasteiger partial charge in [-0.3, -0.25) is 9.89 Å². The second-order valence-corrected chi connectivity index (χ2v) is 6.63. The lowest BCUT2D eigenvalue weighted by Gasteiger charge is -2.21. The van der Waals surface area contributed by atoms with Crippen molar-refractivity contribution in [3.8, 4) is 0 Å². The number of fused-ring (bicyclic) bond motifs is 2. The van der Waals surface area contributed by atoms with Crippen LogP contribution in [0.25, 0.3) is 10.9 Å². The Morgan fingerprint density at radius 2 is 2.19 bits per heavy atom. The maximum absolute atomic E-state index is 11.1. The molecule has 5 nitrogen and oxygen atoms in total. The lowest BCUT2D eigenvalue weighted by atomic mass is 9.94. The van der Waals surface area contributed by atoms with Crippen molar-refractivity contribution in [2.24, 2.45) is 11.8 Å². The summed E-state index contributed by atoms with van der Waals surface area (Å²) in [5, 5.41) is 22.5. The highest BCUT2D eigenvalue weighted by Gasteiger charge is 2.69. The van der Waals surface area contributed by atoms with Crippen LogP contribution in [-0.2, 0) is 10.4 Å². The smallest absolute Gasteiger partial charge is 0.217 e. The van der Waals surface area contributed by atoms with Gasteiger partial charge in [0.15, 0.2) is 0 Å². The van der Waals surface area contributed by atoms with Crippen LogP contribution in [-0.4, -0.2) is 27.3 Å². The van der Waals surface area contributed by atoms with E-state index in [0.29, 0.717) is 5.02 Å². The summed E-state index contributed by atoms with van der Waals surface area (Å²) in [5.41, 5.74) is 0.867. The highest BCUT2D eigenvalue weighted by atomic mass is 35.5. The Hall–Kier alpha value is -1.59. The molecule has 1 aromatic carbocycles. The van der Waals surface area contributed by atoms with Crippen molar-refractivity contribution in [1.29, 1.82) is 0 Å². The van der Waals surface area contributed by atoms with Crippen LogP contribution in [0.15, 0.2) is 18.3 Å². The minimum atomic E-state index is -0.831. The van der Waals surface area contributed by atoms with E-state index in [1.54, 1.807) is 6.20 Å². The van der Waals surface area contributed by atoms with Crippen molar-refractivity contribution in [3.05, 3.63) is 28.9 Å². The van der Waals surface area contributed by atoms with Gasteiger partial charge in [-0.25, -0.2) is 0 Å². The standard InChI is InChI=1S/C15H16ClN3O2/c1-7(20)18-9-4-12-13(5-9)15(12,21)11-2-8(16)3-14-10(11)6-17-19-14/h2-3,6,9,12-13,21H,4-5H2,1H3,(H,17,19)(H,18,20)/t9?,12-,13+,15?. The summed E-state index contributed by atoms with van der Waals surface area (Å²) in [5.74, 6) is 0.363. The molecule has 0 radical (unpaired) electrons. The molecule has 2 saturated carbocycles. The fourth-order valence-corrected chi connectivity index (χ4v) is 4.29. The molecule has 1 aromatic heterocycles. The summed E-state index contributed by atoms with van der Waals surface area (Å²) in [7, 11) is 0. The number of aliphatic hydroxyl groups is 1. The minimum absolute atomic E-state index is 0.00943. The molecule has 4 rings (SSSR count). The number of aromatic nitrogens is 2. The van der Waals surface area contributed by atoms with Crippen molar-refractivity contribution in [2.45, 2.75) is 31.4 Å². The van der Waals surface area contributed by atoms with Gasteiger partial charge in [-0.2, -0.15) is 5.10 Å². The molecule has 6 heteroatoms. The van der Waals surface area contributed by atoms with Gasteiger partial charge in [-0.05, 0) is 30.5 Å². The number of rotatable bonds is 2. The second kappa shape index (κ2) is 4.21. The number of amides is 1. The molecule has 0 aliphatic heterocycles. The molecule has 1 amide bonds. The predicted molar refractivity (Wildman–Crippen MR) is 78.8 cm³/mol. The molecular formula is C15H16ClN3O2. The van der Waals surface area contributed by atoms with E-state index in [9.17, 15) is 9.90 Å². The zero-order chi connectivity index (χ0) is 14.8. The van der Waals surface area contributed by atoms with Crippen molar-refractivity contribution in [1.82, 2.24) is 15.5 Å². The highest BCUT2D eigenvalue weighted by molar-refractivity contribution is 6.31. The normalized spacial score (nSPS) is 34.0. The fraction of sp³-hybridized carbons (Fsp3) is 0.467. The largest absolute Gasteiger partial charge is 0.385 e. The van der Waals surface area contributed by atoms with Crippen LogP contribution in [0.4, 0.5) is 0 Å². The number of hydrogen-bond donors (Lipinski definition) is 3. The molecule has 2 aliphatic rings. The molecule has 2 aromatic rings. The SMILES string of the molecule is CC(=O)NC1C[C@@H]2[C@H](C1)C2(O)c1cc(Cl)cc2[nH]ncc12. The zero-order valence-corrected chi connectivity index (χ0v) is 12.3. The van der Waals surface area contributed by atoms with Gasteiger partial charge in [-0.1, -0.05) is 11.6 Å². The molecule has 110 valence electrons. The number of benzene rings is 1. The maximum Gasteiger partial charge on any atom is 0.217 e. The van der Waals surface area contributed by atoms with Crippen LogP contribution in [0.3, 0.4) is 0 Å². The molecule has 21 heavy (non-hydrogen) atoms. The van der Waals surface area contributed by atoms with Crippen molar-refractivity contribution < 1.29 is 9.90 Å². The molecule has 3 N–H and O–H groups in total. The lowest BCUT2D eigenvalue weighted by molar-refractivity contribution is -0.119. The number of carbonyl (C=O) groups is 1. The Bertz CT molecular complexity index is 730. The monoisotopic (exact) mass is 305 g/mol. The van der Waals surface area contributed by atoms with Crippen LogP contribution < -0.4 is 5.32 Å². The van der Waals surface area contributed by atoms with E-state index in [1.807, 2.05) is 12.1 Å². The molecule has 2 fully saturated rings. The van der Waals surface area contributed by atoms with E-state index < -0.39 is 5.60 Å². The van der Waals surface area contributed by atoms with Gasteiger partial charge in [0.25, 0.3) is 0 Å². The average molecular weight is 306 g/mol. The van der Waals surface area contributed by atoms with Crippen LogP contribution in [0.2, 0.25) is 5.02 Å². The van der Waals surface area contributed by atoms with Gasteiger partial charge < -0.3 is 10.4 Å². The van der Waals surface area contributed by atoms with Crippen molar-refractivity contribution in [3.63, 3.8) is 0 Å². The molecule has 0 saturated heterocycles. The average Bonchev–Trinajstić information content (AvgIpc) is 2.83. The first-order valence-electron chi connectivity index (χ1n) is 7.12. The Morgan fingerprint density at radius 3 is 2.86 bits per heavy atom. The van der Waals surface area contributed by atoms with Gasteiger partial charge in [0.2, 0.25) is 5.91 Å². The molecule has 4 atom stereocenters. The summed E-state index contributed by atoms with van der Waals surface area (Å²) < 4.78 is 0. The van der Waals surface area contributed by atoms with Gasteiger partial charge in [0.1, 0.15) is 0 Å². The number of nitrogens with one attached hydrogen (secondary N) is 2. The number of aromatic amines is 1. The third-order valence-corrected chi connectivity index (χ3v) is 5.16. The third kappa shape index (κ3) is 1.80. The number of carbonyl (C=O) groups excluding carboxylic acids is 1. The lowest BCUT2D eigenvalue weighted by Crippen LogP contribution is -2.34. The topological polar surface area (TPSA) is 78.0 Å². The quantitative estimate of drug-likeness (QED) is 0.793. The first-order valence-corrected chi connectivity index (χ1v) is 7.50. The van der Waals surface area contributed by atoms with Crippen molar-refractivity contribution in [2.75, 3.05) is 0 Å². The van der Waals surface area contributed by atoms with Gasteiger partial charge in [-0.15, -0.1) is 0 Å². The van der Waals surface area contributed by atoms with E-state index in [0.717, 1.165) is 29.3 Å². The third-order valence-electron chi connectivity index (χ3n) is 4.95. The number of hydrogen-bond acceptors (Lipinski definition) is 3. The van der Waals surface area contributed by atoms with Crippen LogP contribution in [0, 0.1) is 11.8 Å². The number of nitrogens with zero attached hydrogens (tertiary/aromatic N) is 1. The second-order valence-electron chi connectivity index (χ2n) is 6.19. The predicted octanol–water partition coefficient (Wildman–Crippen LogP) is 1.95. The Kier molecular flexibility index (Phi) is 2.63. The molecule has 2 unspecified atom stereocenters. The Balaban J connectivity index is 1.66. The molecule has 0 bridgehead atoms. The molecule has 2 aliphatic carbocycles. The number of H-pyrrole nitrogens is 1. The van der Waals surface area contributed by atoms with E-state index in [2.05, 4.69) is 15.5 Å². The molecule has 1 heterocycles.